The van der Waals surface area contributed by atoms with Gasteiger partial charge in [0.1, 0.15) is 0 Å². The number of hydrogen-bond acceptors (Lipinski definition) is 1. The van der Waals surface area contributed by atoms with Gasteiger partial charge in [0, 0.05) is 22.5 Å². The molecule has 80 valence electrons. The molecule has 1 fully saturated rings. The summed E-state index contributed by atoms with van der Waals surface area (Å²) in [4.78, 5) is 3.40. The molecule has 2 unspecified atom stereocenters. The number of nitrogens with one attached hydrogen (secondary N) is 1. The minimum atomic E-state index is -0.143. The predicted octanol–water partition coefficient (Wildman–Crippen LogP) is 3.49. The number of fused-ring (bicyclic) bond motifs is 1. The Hall–Kier alpha value is -1.75. The second-order valence-electron chi connectivity index (χ2n) is 5.00. The van der Waals surface area contributed by atoms with Crippen LogP contribution >= 0.6 is 0 Å². The SMILES string of the molecule is Cc1[nH]c2ccccc2c1C1CC1(C)C#N. The maximum Gasteiger partial charge on any atom is 0.0693 e. The molecule has 0 saturated heterocycles. The van der Waals surface area contributed by atoms with E-state index in [0.29, 0.717) is 5.92 Å². The minimum Gasteiger partial charge on any atom is -0.358 e. The summed E-state index contributed by atoms with van der Waals surface area (Å²) >= 11 is 0. The minimum absolute atomic E-state index is 0.143. The van der Waals surface area contributed by atoms with Crippen molar-refractivity contribution in [1.29, 1.82) is 5.26 Å². The summed E-state index contributed by atoms with van der Waals surface area (Å²) in [6, 6.07) is 10.8. The Balaban J connectivity index is 2.19. The van der Waals surface area contributed by atoms with Crippen LogP contribution in [0.2, 0.25) is 0 Å². The second-order valence-corrected chi connectivity index (χ2v) is 5.00. The fourth-order valence-corrected chi connectivity index (χ4v) is 2.66. The molecule has 1 heterocycles. The van der Waals surface area contributed by atoms with E-state index in [0.717, 1.165) is 6.42 Å². The zero-order chi connectivity index (χ0) is 11.3. The normalized spacial score (nSPS) is 27.9. The molecule has 2 atom stereocenters. The predicted molar refractivity (Wildman–Crippen MR) is 64.1 cm³/mol. The highest BCUT2D eigenvalue weighted by atomic mass is 14.7. The van der Waals surface area contributed by atoms with E-state index in [4.69, 9.17) is 5.26 Å². The summed E-state index contributed by atoms with van der Waals surface area (Å²) in [5, 5.41) is 10.4. The van der Waals surface area contributed by atoms with E-state index in [1.807, 2.05) is 6.07 Å². The van der Waals surface area contributed by atoms with E-state index in [9.17, 15) is 0 Å². The lowest BCUT2D eigenvalue weighted by molar-refractivity contribution is 0.727. The average molecular weight is 210 g/mol. The van der Waals surface area contributed by atoms with Gasteiger partial charge in [0.05, 0.1) is 11.5 Å². The van der Waals surface area contributed by atoms with E-state index in [-0.39, 0.29) is 5.41 Å². The Bertz CT molecular complexity index is 603. The topological polar surface area (TPSA) is 39.6 Å². The lowest BCUT2D eigenvalue weighted by atomic mass is 10.00. The molecule has 1 aromatic carbocycles. The van der Waals surface area contributed by atoms with Crippen LogP contribution < -0.4 is 0 Å². The van der Waals surface area contributed by atoms with Crippen LogP contribution in [0, 0.1) is 23.7 Å². The van der Waals surface area contributed by atoms with Crippen LogP contribution in [-0.4, -0.2) is 4.98 Å². The maximum atomic E-state index is 9.14. The first kappa shape index (κ1) is 9.47. The summed E-state index contributed by atoms with van der Waals surface area (Å²) in [6.07, 6.45) is 0.992. The smallest absolute Gasteiger partial charge is 0.0693 e. The molecule has 0 amide bonds. The molecule has 2 aromatic rings. The molecule has 1 N–H and O–H groups in total. The van der Waals surface area contributed by atoms with Crippen LogP contribution in [0.15, 0.2) is 24.3 Å². The number of aromatic nitrogens is 1. The maximum absolute atomic E-state index is 9.14. The monoisotopic (exact) mass is 210 g/mol. The molecule has 0 spiro atoms. The third kappa shape index (κ3) is 1.12. The molecule has 2 heteroatoms. The van der Waals surface area contributed by atoms with Crippen molar-refractivity contribution < 1.29 is 0 Å². The van der Waals surface area contributed by atoms with Gasteiger partial charge in [0.2, 0.25) is 0 Å². The number of H-pyrrole nitrogens is 1. The number of hydrogen-bond donors (Lipinski definition) is 1. The van der Waals surface area contributed by atoms with Crippen molar-refractivity contribution in [1.82, 2.24) is 4.98 Å². The van der Waals surface area contributed by atoms with Crippen molar-refractivity contribution in [2.75, 3.05) is 0 Å². The Morgan fingerprint density at radius 2 is 2.19 bits per heavy atom. The highest BCUT2D eigenvalue weighted by molar-refractivity contribution is 5.85. The van der Waals surface area contributed by atoms with Crippen LogP contribution in [0.3, 0.4) is 0 Å². The number of nitrogens with zero attached hydrogens (tertiary/aromatic N) is 1. The zero-order valence-electron chi connectivity index (χ0n) is 9.54. The lowest BCUT2D eigenvalue weighted by Crippen LogP contribution is -1.93. The van der Waals surface area contributed by atoms with Gasteiger partial charge in [-0.25, -0.2) is 0 Å². The van der Waals surface area contributed by atoms with Gasteiger partial charge in [0.15, 0.2) is 0 Å². The standard InChI is InChI=1S/C14H14N2/c1-9-13(11-7-14(11,2)8-15)10-5-3-4-6-12(10)16-9/h3-6,11,16H,7H2,1-2H3. The molecule has 1 saturated carbocycles. The molecule has 1 aliphatic rings. The van der Waals surface area contributed by atoms with Gasteiger partial charge in [0.25, 0.3) is 0 Å². The van der Waals surface area contributed by atoms with Crippen LogP contribution in [0.5, 0.6) is 0 Å². The number of aromatic amines is 1. The number of nitriles is 1. The quantitative estimate of drug-likeness (QED) is 0.768. The summed E-state index contributed by atoms with van der Waals surface area (Å²) in [5.74, 6) is 0.411. The largest absolute Gasteiger partial charge is 0.358 e. The third-order valence-electron chi connectivity index (χ3n) is 3.78. The molecule has 0 radical (unpaired) electrons. The van der Waals surface area contributed by atoms with Crippen molar-refractivity contribution in [3.8, 4) is 6.07 Å². The Kier molecular flexibility index (Phi) is 1.71. The summed E-state index contributed by atoms with van der Waals surface area (Å²) in [5.41, 5.74) is 3.60. The fraction of sp³-hybridized carbons (Fsp3) is 0.357. The van der Waals surface area contributed by atoms with Crippen molar-refractivity contribution in [2.45, 2.75) is 26.2 Å². The Morgan fingerprint density at radius 1 is 1.44 bits per heavy atom. The van der Waals surface area contributed by atoms with Gasteiger partial charge in [-0.15, -0.1) is 0 Å². The lowest BCUT2D eigenvalue weighted by Gasteiger charge is -2.01. The first-order chi connectivity index (χ1) is 7.65. The van der Waals surface area contributed by atoms with E-state index in [2.05, 4.69) is 43.1 Å². The van der Waals surface area contributed by atoms with Crippen molar-refractivity contribution >= 4 is 10.9 Å². The van der Waals surface area contributed by atoms with Gasteiger partial charge < -0.3 is 4.98 Å². The van der Waals surface area contributed by atoms with Crippen LogP contribution in [0.4, 0.5) is 0 Å². The summed E-state index contributed by atoms with van der Waals surface area (Å²) in [7, 11) is 0. The molecule has 0 aliphatic heterocycles. The molecule has 2 nitrogen and oxygen atoms in total. The zero-order valence-corrected chi connectivity index (χ0v) is 9.54. The summed E-state index contributed by atoms with van der Waals surface area (Å²) < 4.78 is 0. The van der Waals surface area contributed by atoms with E-state index in [1.165, 1.54) is 22.2 Å². The van der Waals surface area contributed by atoms with Crippen LogP contribution in [-0.2, 0) is 0 Å². The van der Waals surface area contributed by atoms with Gasteiger partial charge in [-0.05, 0) is 31.9 Å². The highest BCUT2D eigenvalue weighted by Crippen LogP contribution is 2.60. The number of aryl methyl sites for hydroxylation is 1. The van der Waals surface area contributed by atoms with Gasteiger partial charge in [-0.2, -0.15) is 5.26 Å². The third-order valence-corrected chi connectivity index (χ3v) is 3.78. The molecule has 1 aromatic heterocycles. The highest BCUT2D eigenvalue weighted by Gasteiger charge is 2.52. The van der Waals surface area contributed by atoms with Crippen LogP contribution in [0.25, 0.3) is 10.9 Å². The van der Waals surface area contributed by atoms with Gasteiger partial charge in [-0.3, -0.25) is 0 Å². The van der Waals surface area contributed by atoms with Gasteiger partial charge in [-0.1, -0.05) is 18.2 Å². The van der Waals surface area contributed by atoms with E-state index in [1.54, 1.807) is 0 Å². The number of para-hydroxylation sites is 1. The Labute approximate surface area is 94.9 Å². The number of benzene rings is 1. The molecule has 1 aliphatic carbocycles. The van der Waals surface area contributed by atoms with Crippen LogP contribution in [0.1, 0.15) is 30.5 Å². The summed E-state index contributed by atoms with van der Waals surface area (Å²) in [6.45, 7) is 4.16. The molecular weight excluding hydrogens is 196 g/mol. The van der Waals surface area contributed by atoms with Crippen molar-refractivity contribution in [3.63, 3.8) is 0 Å². The molecule has 0 bridgehead atoms. The molecule has 3 rings (SSSR count). The van der Waals surface area contributed by atoms with Crippen molar-refractivity contribution in [3.05, 3.63) is 35.5 Å². The first-order valence-corrected chi connectivity index (χ1v) is 5.64. The van der Waals surface area contributed by atoms with Crippen molar-refractivity contribution in [2.24, 2.45) is 5.41 Å². The van der Waals surface area contributed by atoms with E-state index >= 15 is 0 Å². The Morgan fingerprint density at radius 3 is 2.88 bits per heavy atom. The average Bonchev–Trinajstić information content (AvgIpc) is 2.83. The second kappa shape index (κ2) is 2.89. The molecule has 16 heavy (non-hydrogen) atoms. The van der Waals surface area contributed by atoms with Gasteiger partial charge >= 0.3 is 0 Å². The first-order valence-electron chi connectivity index (χ1n) is 5.64. The molecular formula is C14H14N2. The number of rotatable bonds is 1. The fourth-order valence-electron chi connectivity index (χ4n) is 2.66. The van der Waals surface area contributed by atoms with E-state index < -0.39 is 0 Å².